The number of carboxylic acids is 1. The van der Waals surface area contributed by atoms with Crippen LogP contribution in [0.5, 0.6) is 0 Å². The van der Waals surface area contributed by atoms with E-state index in [1.807, 2.05) is 16.3 Å². The van der Waals surface area contributed by atoms with E-state index in [9.17, 15) is 4.79 Å². The molecule has 1 atom stereocenters. The van der Waals surface area contributed by atoms with Crippen molar-refractivity contribution >= 4 is 52.3 Å². The average Bonchev–Trinajstić information content (AvgIpc) is 2.79. The van der Waals surface area contributed by atoms with Gasteiger partial charge in [0.05, 0.1) is 10.8 Å². The number of nitrogens with zero attached hydrogens (tertiary/aromatic N) is 3. The standard InChI is InChI=1S/C13H16ClN3O2S2/c1-3-20-6-8(2)17-12-10(4-9(14)5-15-12)16-13(17)21-7-11(18)19/h4-5,8H,3,6-7H2,1-2H3,(H,18,19). The van der Waals surface area contributed by atoms with E-state index >= 15 is 0 Å². The van der Waals surface area contributed by atoms with E-state index in [-0.39, 0.29) is 11.8 Å². The van der Waals surface area contributed by atoms with E-state index in [2.05, 4.69) is 23.8 Å². The molecule has 0 aliphatic carbocycles. The number of pyridine rings is 1. The largest absolute Gasteiger partial charge is 0.481 e. The Labute approximate surface area is 136 Å². The Kier molecular flexibility index (Phi) is 5.78. The van der Waals surface area contributed by atoms with Gasteiger partial charge in [-0.1, -0.05) is 30.3 Å². The lowest BCUT2D eigenvalue weighted by molar-refractivity contribution is -0.133. The van der Waals surface area contributed by atoms with Crippen molar-refractivity contribution in [1.82, 2.24) is 14.5 Å². The maximum atomic E-state index is 10.8. The molecule has 0 fully saturated rings. The van der Waals surface area contributed by atoms with Gasteiger partial charge in [0.1, 0.15) is 5.52 Å². The molecule has 1 N–H and O–H groups in total. The molecule has 2 aromatic rings. The summed E-state index contributed by atoms with van der Waals surface area (Å²) in [4.78, 5) is 19.6. The summed E-state index contributed by atoms with van der Waals surface area (Å²) < 4.78 is 2.00. The van der Waals surface area contributed by atoms with E-state index in [4.69, 9.17) is 16.7 Å². The highest BCUT2D eigenvalue weighted by atomic mass is 35.5. The summed E-state index contributed by atoms with van der Waals surface area (Å²) >= 11 is 8.99. The molecule has 8 heteroatoms. The van der Waals surface area contributed by atoms with Crippen LogP contribution in [0.4, 0.5) is 0 Å². The predicted octanol–water partition coefficient (Wildman–Crippen LogP) is 3.58. The summed E-state index contributed by atoms with van der Waals surface area (Å²) in [7, 11) is 0. The maximum Gasteiger partial charge on any atom is 0.313 e. The van der Waals surface area contributed by atoms with Gasteiger partial charge in [-0.3, -0.25) is 9.36 Å². The molecule has 5 nitrogen and oxygen atoms in total. The number of aliphatic carboxylic acids is 1. The van der Waals surface area contributed by atoms with E-state index in [1.54, 1.807) is 12.3 Å². The Morgan fingerprint density at radius 3 is 3.00 bits per heavy atom. The van der Waals surface area contributed by atoms with E-state index < -0.39 is 5.97 Å². The second kappa shape index (κ2) is 7.38. The summed E-state index contributed by atoms with van der Waals surface area (Å²) in [6.07, 6.45) is 1.59. The first kappa shape index (κ1) is 16.5. The zero-order valence-electron chi connectivity index (χ0n) is 11.7. The number of hydrogen-bond donors (Lipinski definition) is 1. The van der Waals surface area contributed by atoms with Crippen LogP contribution in [0.25, 0.3) is 11.2 Å². The monoisotopic (exact) mass is 345 g/mol. The Morgan fingerprint density at radius 2 is 2.33 bits per heavy atom. The molecule has 21 heavy (non-hydrogen) atoms. The first-order valence-electron chi connectivity index (χ1n) is 6.48. The number of imidazole rings is 1. The van der Waals surface area contributed by atoms with Crippen LogP contribution in [-0.4, -0.2) is 42.9 Å². The van der Waals surface area contributed by atoms with Crippen molar-refractivity contribution in [2.45, 2.75) is 25.0 Å². The lowest BCUT2D eigenvalue weighted by atomic mass is 10.3. The topological polar surface area (TPSA) is 68.0 Å². The summed E-state index contributed by atoms with van der Waals surface area (Å²) in [6, 6.07) is 1.94. The fourth-order valence-electron chi connectivity index (χ4n) is 1.93. The molecule has 1 unspecified atom stereocenters. The Morgan fingerprint density at radius 1 is 1.57 bits per heavy atom. The van der Waals surface area contributed by atoms with E-state index in [0.717, 1.165) is 17.2 Å². The van der Waals surface area contributed by atoms with Gasteiger partial charge < -0.3 is 5.11 Å². The molecule has 0 spiro atoms. The van der Waals surface area contributed by atoms with Crippen LogP contribution < -0.4 is 0 Å². The summed E-state index contributed by atoms with van der Waals surface area (Å²) in [6.45, 7) is 4.20. The van der Waals surface area contributed by atoms with Gasteiger partial charge in [0.2, 0.25) is 0 Å². The van der Waals surface area contributed by atoms with Crippen LogP contribution in [-0.2, 0) is 4.79 Å². The van der Waals surface area contributed by atoms with Gasteiger partial charge in [0, 0.05) is 18.0 Å². The fraction of sp³-hybridized carbons (Fsp3) is 0.462. The Bertz CT molecular complexity index is 648. The average molecular weight is 346 g/mol. The minimum Gasteiger partial charge on any atom is -0.481 e. The molecule has 0 amide bonds. The van der Waals surface area contributed by atoms with Crippen LogP contribution in [0.3, 0.4) is 0 Å². The first-order valence-corrected chi connectivity index (χ1v) is 9.00. The van der Waals surface area contributed by atoms with E-state index in [0.29, 0.717) is 15.7 Å². The van der Waals surface area contributed by atoms with Gasteiger partial charge in [-0.2, -0.15) is 11.8 Å². The molecule has 0 saturated carbocycles. The van der Waals surface area contributed by atoms with Crippen LogP contribution in [0, 0.1) is 0 Å². The van der Waals surface area contributed by atoms with Crippen molar-refractivity contribution < 1.29 is 9.90 Å². The SMILES string of the molecule is CCSCC(C)n1c(SCC(=O)O)nc2cc(Cl)cnc21. The quantitative estimate of drug-likeness (QED) is 0.773. The third kappa shape index (κ3) is 4.05. The molecule has 0 saturated heterocycles. The van der Waals surface area contributed by atoms with Gasteiger partial charge in [-0.05, 0) is 18.7 Å². The van der Waals surface area contributed by atoms with Gasteiger partial charge >= 0.3 is 5.97 Å². The number of hydrogen-bond acceptors (Lipinski definition) is 5. The van der Waals surface area contributed by atoms with Gasteiger partial charge in [-0.15, -0.1) is 0 Å². The number of fused-ring (bicyclic) bond motifs is 1. The van der Waals surface area contributed by atoms with Crippen molar-refractivity contribution in [2.24, 2.45) is 0 Å². The third-order valence-electron chi connectivity index (χ3n) is 2.79. The predicted molar refractivity (Wildman–Crippen MR) is 88.6 cm³/mol. The molecule has 2 aromatic heterocycles. The Hall–Kier alpha value is -0.920. The molecule has 2 heterocycles. The van der Waals surface area contributed by atoms with Crippen LogP contribution in [0.1, 0.15) is 19.9 Å². The molecule has 2 rings (SSSR count). The number of rotatable bonds is 7. The Balaban J connectivity index is 2.41. The highest BCUT2D eigenvalue weighted by Gasteiger charge is 2.18. The van der Waals surface area contributed by atoms with Crippen molar-refractivity contribution in [3.05, 3.63) is 17.3 Å². The minimum atomic E-state index is -0.861. The molecule has 0 bridgehead atoms. The number of halogens is 1. The van der Waals surface area contributed by atoms with Crippen molar-refractivity contribution in [3.63, 3.8) is 0 Å². The zero-order chi connectivity index (χ0) is 15.4. The molecule has 114 valence electrons. The summed E-state index contributed by atoms with van der Waals surface area (Å²) in [5.41, 5.74) is 1.44. The molecule has 0 aromatic carbocycles. The van der Waals surface area contributed by atoms with Crippen molar-refractivity contribution in [3.8, 4) is 0 Å². The number of carboxylic acid groups (broad SMARTS) is 1. The number of thioether (sulfide) groups is 2. The smallest absolute Gasteiger partial charge is 0.313 e. The molecular formula is C13H16ClN3O2S2. The molecule has 0 radical (unpaired) electrons. The zero-order valence-corrected chi connectivity index (χ0v) is 14.1. The minimum absolute atomic E-state index is 0.0231. The lowest BCUT2D eigenvalue weighted by Gasteiger charge is -2.15. The van der Waals surface area contributed by atoms with Crippen molar-refractivity contribution in [1.29, 1.82) is 0 Å². The van der Waals surface area contributed by atoms with Gasteiger partial charge in [0.25, 0.3) is 0 Å². The molecule has 0 aliphatic heterocycles. The lowest BCUT2D eigenvalue weighted by Crippen LogP contribution is -2.11. The van der Waals surface area contributed by atoms with Crippen LogP contribution in [0.2, 0.25) is 5.02 Å². The maximum absolute atomic E-state index is 10.8. The highest BCUT2D eigenvalue weighted by molar-refractivity contribution is 7.99. The van der Waals surface area contributed by atoms with Gasteiger partial charge in [0.15, 0.2) is 10.8 Å². The van der Waals surface area contributed by atoms with Gasteiger partial charge in [-0.25, -0.2) is 9.97 Å². The van der Waals surface area contributed by atoms with E-state index in [1.165, 1.54) is 11.8 Å². The summed E-state index contributed by atoms with van der Waals surface area (Å²) in [5, 5.41) is 10.1. The van der Waals surface area contributed by atoms with Crippen LogP contribution >= 0.6 is 35.1 Å². The second-order valence-electron chi connectivity index (χ2n) is 4.45. The normalized spacial score (nSPS) is 12.7. The summed E-state index contributed by atoms with van der Waals surface area (Å²) in [5.74, 6) is 1.07. The number of aromatic nitrogens is 3. The molecular weight excluding hydrogens is 330 g/mol. The van der Waals surface area contributed by atoms with Crippen molar-refractivity contribution in [2.75, 3.05) is 17.3 Å². The fourth-order valence-corrected chi connectivity index (χ4v) is 3.62. The third-order valence-corrected chi connectivity index (χ3v) is 5.06. The molecule has 0 aliphatic rings. The highest BCUT2D eigenvalue weighted by Crippen LogP contribution is 2.29. The number of carbonyl (C=O) groups is 1. The van der Waals surface area contributed by atoms with Crippen LogP contribution in [0.15, 0.2) is 17.4 Å². The first-order chi connectivity index (χ1) is 10.0. The second-order valence-corrected chi connectivity index (χ2v) is 7.15.